The van der Waals surface area contributed by atoms with Gasteiger partial charge < -0.3 is 0 Å². The van der Waals surface area contributed by atoms with Gasteiger partial charge in [0.15, 0.2) is 0 Å². The molecule has 19 heavy (non-hydrogen) atoms. The minimum absolute atomic E-state index is 0.0278. The molecule has 2 rings (SSSR count). The van der Waals surface area contributed by atoms with E-state index in [1.165, 1.54) is 24.3 Å². The van der Waals surface area contributed by atoms with E-state index < -0.39 is 6.30 Å². The van der Waals surface area contributed by atoms with Gasteiger partial charge >= 0.3 is 6.30 Å². The molecule has 2 aromatic rings. The van der Waals surface area contributed by atoms with E-state index in [1.807, 2.05) is 0 Å². The van der Waals surface area contributed by atoms with Crippen LogP contribution < -0.4 is 5.06 Å². The van der Waals surface area contributed by atoms with Crippen molar-refractivity contribution in [3.05, 3.63) is 66.2 Å². The van der Waals surface area contributed by atoms with Crippen molar-refractivity contribution in [2.24, 2.45) is 0 Å². The van der Waals surface area contributed by atoms with Gasteiger partial charge in [0.1, 0.15) is 6.61 Å². The molecule has 0 aliphatic rings. The molecule has 0 radical (unpaired) electrons. The van der Waals surface area contributed by atoms with Gasteiger partial charge in [-0.25, -0.2) is 0 Å². The van der Waals surface area contributed by atoms with Gasteiger partial charge in [-0.3, -0.25) is 4.84 Å². The summed E-state index contributed by atoms with van der Waals surface area (Å²) in [6.07, 6.45) is -4.59. The Bertz CT molecular complexity index is 499. The molecule has 0 atom stereocenters. The van der Waals surface area contributed by atoms with E-state index in [0.29, 0.717) is 5.56 Å². The van der Waals surface area contributed by atoms with Crippen LogP contribution >= 0.6 is 0 Å². The monoisotopic (exact) mass is 267 g/mol. The van der Waals surface area contributed by atoms with Gasteiger partial charge in [0.2, 0.25) is 0 Å². The SMILES string of the molecule is FC(F)(F)N(OCc1ccccc1)c1ccccc1. The molecule has 0 N–H and O–H groups in total. The average Bonchev–Trinajstić information content (AvgIpc) is 2.40. The van der Waals surface area contributed by atoms with Crippen LogP contribution in [0.1, 0.15) is 5.56 Å². The third-order valence-corrected chi connectivity index (χ3v) is 2.42. The molecule has 0 heterocycles. The molecule has 0 fully saturated rings. The second-order valence-electron chi connectivity index (χ2n) is 3.86. The highest BCUT2D eigenvalue weighted by Crippen LogP contribution is 2.29. The van der Waals surface area contributed by atoms with Gasteiger partial charge in [-0.1, -0.05) is 48.5 Å². The smallest absolute Gasteiger partial charge is 0.261 e. The third-order valence-electron chi connectivity index (χ3n) is 2.42. The summed E-state index contributed by atoms with van der Waals surface area (Å²) >= 11 is 0. The summed E-state index contributed by atoms with van der Waals surface area (Å²) in [5.41, 5.74) is 0.624. The lowest BCUT2D eigenvalue weighted by atomic mass is 10.2. The van der Waals surface area contributed by atoms with Crippen molar-refractivity contribution in [2.45, 2.75) is 12.9 Å². The van der Waals surface area contributed by atoms with Crippen LogP contribution in [0, 0.1) is 0 Å². The summed E-state index contributed by atoms with van der Waals surface area (Å²) in [6, 6.07) is 16.1. The summed E-state index contributed by atoms with van der Waals surface area (Å²) < 4.78 is 38.7. The van der Waals surface area contributed by atoms with E-state index in [1.54, 1.807) is 36.4 Å². The predicted octanol–water partition coefficient (Wildman–Crippen LogP) is 4.14. The summed E-state index contributed by atoms with van der Waals surface area (Å²) in [4.78, 5) is 4.89. The van der Waals surface area contributed by atoms with Crippen molar-refractivity contribution in [1.29, 1.82) is 0 Å². The maximum absolute atomic E-state index is 12.9. The van der Waals surface area contributed by atoms with Crippen LogP contribution in [0.2, 0.25) is 0 Å². The topological polar surface area (TPSA) is 12.5 Å². The molecule has 0 spiro atoms. The number of hydrogen-bond donors (Lipinski definition) is 0. The van der Waals surface area contributed by atoms with Gasteiger partial charge in [0.05, 0.1) is 5.69 Å². The van der Waals surface area contributed by atoms with Crippen molar-refractivity contribution < 1.29 is 18.0 Å². The Hall–Kier alpha value is -2.01. The molecule has 0 unspecified atom stereocenters. The van der Waals surface area contributed by atoms with E-state index >= 15 is 0 Å². The number of anilines is 1. The first-order valence-electron chi connectivity index (χ1n) is 5.66. The van der Waals surface area contributed by atoms with Crippen LogP contribution in [0.4, 0.5) is 18.9 Å². The van der Waals surface area contributed by atoms with E-state index in [4.69, 9.17) is 4.84 Å². The molecule has 0 aromatic heterocycles. The zero-order valence-corrected chi connectivity index (χ0v) is 9.97. The van der Waals surface area contributed by atoms with Crippen molar-refractivity contribution in [1.82, 2.24) is 0 Å². The van der Waals surface area contributed by atoms with Crippen molar-refractivity contribution in [2.75, 3.05) is 5.06 Å². The predicted molar refractivity (Wildman–Crippen MR) is 66.2 cm³/mol. The van der Waals surface area contributed by atoms with Gasteiger partial charge in [-0.2, -0.15) is 5.06 Å². The fourth-order valence-electron chi connectivity index (χ4n) is 1.57. The summed E-state index contributed by atoms with van der Waals surface area (Å²) in [5, 5.41) is -0.0278. The highest BCUT2D eigenvalue weighted by molar-refractivity contribution is 5.44. The number of hydroxylamine groups is 1. The van der Waals surface area contributed by atoms with E-state index in [0.717, 1.165) is 0 Å². The largest absolute Gasteiger partial charge is 0.508 e. The van der Waals surface area contributed by atoms with Crippen LogP contribution in [0.15, 0.2) is 60.7 Å². The molecule has 2 aromatic carbocycles. The molecule has 0 saturated heterocycles. The Balaban J connectivity index is 2.12. The summed E-state index contributed by atoms with van der Waals surface area (Å²) in [7, 11) is 0. The minimum atomic E-state index is -4.59. The van der Waals surface area contributed by atoms with Crippen LogP contribution in [-0.2, 0) is 11.4 Å². The highest BCUT2D eigenvalue weighted by atomic mass is 19.4. The molecule has 0 aliphatic heterocycles. The average molecular weight is 267 g/mol. The molecular weight excluding hydrogens is 255 g/mol. The van der Waals surface area contributed by atoms with Gasteiger partial charge in [-0.05, 0) is 17.7 Å². The molecule has 0 amide bonds. The quantitative estimate of drug-likeness (QED) is 0.609. The number of rotatable bonds is 4. The number of benzene rings is 2. The number of para-hydroxylation sites is 1. The fraction of sp³-hybridized carbons (Fsp3) is 0.143. The Labute approximate surface area is 109 Å². The lowest BCUT2D eigenvalue weighted by Gasteiger charge is -2.25. The normalized spacial score (nSPS) is 11.3. The number of nitrogens with zero attached hydrogens (tertiary/aromatic N) is 1. The van der Waals surface area contributed by atoms with Gasteiger partial charge in [0.25, 0.3) is 0 Å². The van der Waals surface area contributed by atoms with E-state index in [-0.39, 0.29) is 17.4 Å². The van der Waals surface area contributed by atoms with E-state index in [9.17, 15) is 13.2 Å². The van der Waals surface area contributed by atoms with Gasteiger partial charge in [-0.15, -0.1) is 13.2 Å². The van der Waals surface area contributed by atoms with Crippen LogP contribution in [0.5, 0.6) is 0 Å². The first-order chi connectivity index (χ1) is 9.07. The van der Waals surface area contributed by atoms with Crippen LogP contribution in [0.3, 0.4) is 0 Å². The molecule has 5 heteroatoms. The first-order valence-corrected chi connectivity index (χ1v) is 5.66. The fourth-order valence-corrected chi connectivity index (χ4v) is 1.57. The summed E-state index contributed by atoms with van der Waals surface area (Å²) in [5.74, 6) is 0. The van der Waals surface area contributed by atoms with E-state index in [2.05, 4.69) is 0 Å². The second-order valence-corrected chi connectivity index (χ2v) is 3.86. The minimum Gasteiger partial charge on any atom is -0.261 e. The van der Waals surface area contributed by atoms with Crippen LogP contribution in [0.25, 0.3) is 0 Å². The third kappa shape index (κ3) is 3.72. The Kier molecular flexibility index (Phi) is 4.06. The van der Waals surface area contributed by atoms with Crippen molar-refractivity contribution in [3.63, 3.8) is 0 Å². The van der Waals surface area contributed by atoms with Crippen molar-refractivity contribution >= 4 is 5.69 Å². The maximum atomic E-state index is 12.9. The molecule has 0 bridgehead atoms. The first kappa shape index (κ1) is 13.4. The highest BCUT2D eigenvalue weighted by Gasteiger charge is 2.39. The van der Waals surface area contributed by atoms with Crippen molar-refractivity contribution in [3.8, 4) is 0 Å². The zero-order chi connectivity index (χ0) is 13.7. The molecule has 2 nitrogen and oxygen atoms in total. The standard InChI is InChI=1S/C14H12F3NO/c15-14(16,17)18(13-9-5-2-6-10-13)19-11-12-7-3-1-4-8-12/h1-10H,11H2. The van der Waals surface area contributed by atoms with Crippen LogP contribution in [-0.4, -0.2) is 6.30 Å². The number of hydrogen-bond acceptors (Lipinski definition) is 2. The lowest BCUT2D eigenvalue weighted by Crippen LogP contribution is -2.37. The lowest BCUT2D eigenvalue weighted by molar-refractivity contribution is -0.195. The second kappa shape index (κ2) is 5.75. The summed E-state index contributed by atoms with van der Waals surface area (Å²) in [6.45, 7) is -0.144. The number of alkyl halides is 3. The Morgan fingerprint density at radius 1 is 0.842 bits per heavy atom. The van der Waals surface area contributed by atoms with Gasteiger partial charge in [0, 0.05) is 0 Å². The zero-order valence-electron chi connectivity index (χ0n) is 9.97. The molecule has 100 valence electrons. The molecule has 0 saturated carbocycles. The molecular formula is C14H12F3NO. The Morgan fingerprint density at radius 3 is 1.89 bits per heavy atom. The Morgan fingerprint density at radius 2 is 1.37 bits per heavy atom. The molecule has 0 aliphatic carbocycles. The number of halogens is 3. The maximum Gasteiger partial charge on any atom is 0.508 e.